The molecule has 3 rings (SSSR count). The monoisotopic (exact) mass is 650 g/mol. The normalized spacial score (nSPS) is 20.2. The van der Waals surface area contributed by atoms with Crippen molar-refractivity contribution in [3.63, 3.8) is 0 Å². The number of rotatable bonds is 5. The Bertz CT molecular complexity index is 731. The molecule has 2 aliphatic carbocycles. The quantitative estimate of drug-likeness (QED) is 0.422. The van der Waals surface area contributed by atoms with E-state index in [1.807, 2.05) is 0 Å². The van der Waals surface area contributed by atoms with Crippen LogP contribution in [-0.2, 0) is 23.2 Å². The summed E-state index contributed by atoms with van der Waals surface area (Å²) in [6.45, 7) is 14.3. The van der Waals surface area contributed by atoms with Crippen LogP contribution >= 0.6 is 0 Å². The Morgan fingerprint density at radius 2 is 1.54 bits per heavy atom. The van der Waals surface area contributed by atoms with Crippen molar-refractivity contribution in [2.75, 3.05) is 0 Å². The van der Waals surface area contributed by atoms with Gasteiger partial charge in [-0.15, -0.1) is 0 Å². The molecule has 3 heteroatoms. The van der Waals surface area contributed by atoms with Gasteiger partial charge in [-0.25, -0.2) is 0 Å². The molecule has 0 saturated heterocycles. The third-order valence-corrected chi connectivity index (χ3v) is 12.1. The van der Waals surface area contributed by atoms with E-state index in [0.717, 1.165) is 3.63 Å². The maximum absolute atomic E-state index is 2.54. The van der Waals surface area contributed by atoms with Crippen LogP contribution in [0.2, 0.25) is 3.12 Å². The average molecular weight is 652 g/mol. The second kappa shape index (κ2) is 10.0. The fourth-order valence-electron chi connectivity index (χ4n) is 4.25. The molecule has 0 spiro atoms. The van der Waals surface area contributed by atoms with Crippen molar-refractivity contribution >= 4 is 6.08 Å². The summed E-state index contributed by atoms with van der Waals surface area (Å²) >= 11 is -0.711. The van der Waals surface area contributed by atoms with Gasteiger partial charge in [0.2, 0.25) is 0 Å². The number of hydrogen-bond acceptors (Lipinski definition) is 0. The standard InChI is InChI=1S/C13H15.C10H15.2HI.Zr/c1-2-3-6-11-9-12-7-4-5-8-13(12)10-11;1-6-7(2)9(4)10(5)8(6)3;;;/h4-5,7-10H,2-3,6H2,1H3;1-5H3;2*1H;/q;;;;+2/p-2. The molecule has 0 amide bonds. The fraction of sp³-hybridized carbons (Fsp3) is 0.478. The fourth-order valence-corrected chi connectivity index (χ4v) is 9.70. The predicted molar refractivity (Wildman–Crippen MR) is 102 cm³/mol. The topological polar surface area (TPSA) is 0 Å². The molecule has 0 aromatic heterocycles. The molecule has 1 aromatic rings. The third-order valence-electron chi connectivity index (χ3n) is 6.46. The van der Waals surface area contributed by atoms with Gasteiger partial charge in [0, 0.05) is 0 Å². The van der Waals surface area contributed by atoms with E-state index in [4.69, 9.17) is 0 Å². The zero-order valence-electron chi connectivity index (χ0n) is 16.8. The van der Waals surface area contributed by atoms with Crippen molar-refractivity contribution in [1.82, 2.24) is 0 Å². The second-order valence-corrected chi connectivity index (χ2v) is 12.2. The molecule has 0 nitrogen and oxygen atoms in total. The van der Waals surface area contributed by atoms with Crippen LogP contribution in [0.15, 0.2) is 52.1 Å². The van der Waals surface area contributed by atoms with E-state index in [9.17, 15) is 0 Å². The molecular weight excluding hydrogens is 621 g/mol. The molecule has 26 heavy (non-hydrogen) atoms. The number of benzene rings is 1. The Morgan fingerprint density at radius 1 is 0.962 bits per heavy atom. The molecule has 0 aliphatic heterocycles. The van der Waals surface area contributed by atoms with Crippen molar-refractivity contribution in [2.24, 2.45) is 0 Å². The van der Waals surface area contributed by atoms with Crippen LogP contribution in [0.3, 0.4) is 0 Å². The summed E-state index contributed by atoms with van der Waals surface area (Å²) in [6, 6.07) is 9.15. The van der Waals surface area contributed by atoms with E-state index < -0.39 is 23.2 Å². The number of unbranched alkanes of at least 4 members (excludes halogenated alkanes) is 1. The first-order chi connectivity index (χ1) is 11.4. The Labute approximate surface area is 206 Å². The molecule has 140 valence electrons. The molecule has 0 bridgehead atoms. The maximum Gasteiger partial charge on any atom is -1.00 e. The predicted octanol–water partition coefficient (Wildman–Crippen LogP) is 1.27. The van der Waals surface area contributed by atoms with Gasteiger partial charge in [-0.2, -0.15) is 0 Å². The van der Waals surface area contributed by atoms with Crippen LogP contribution in [0.25, 0.3) is 6.08 Å². The number of allylic oxidation sites excluding steroid dienone is 5. The van der Waals surface area contributed by atoms with Gasteiger partial charge in [-0.3, -0.25) is 0 Å². The third kappa shape index (κ3) is 4.35. The van der Waals surface area contributed by atoms with Crippen molar-refractivity contribution in [2.45, 2.75) is 67.6 Å². The molecule has 1 unspecified atom stereocenters. The summed E-state index contributed by atoms with van der Waals surface area (Å²) in [5.74, 6) is 0. The molecule has 1 aromatic carbocycles. The van der Waals surface area contributed by atoms with Crippen LogP contribution in [0, 0.1) is 0 Å². The largest absolute Gasteiger partial charge is 1.00 e. The van der Waals surface area contributed by atoms with E-state index in [-0.39, 0.29) is 48.0 Å². The first kappa shape index (κ1) is 24.8. The number of hydrogen-bond donors (Lipinski definition) is 0. The van der Waals surface area contributed by atoms with Gasteiger partial charge in [-0.1, -0.05) is 0 Å². The SMILES string of the molecule is CCCCC1=Cc2ccccc2[CH]1[Zr+2][C]1(C)C(C)=C(C)C(C)=C1C.[I-].[I-]. The Kier molecular flexibility index (Phi) is 9.55. The van der Waals surface area contributed by atoms with Crippen molar-refractivity contribution in [3.8, 4) is 0 Å². The Hall–Kier alpha value is 0.783. The van der Waals surface area contributed by atoms with Crippen molar-refractivity contribution < 1.29 is 71.2 Å². The van der Waals surface area contributed by atoms with Gasteiger partial charge in [-0.05, 0) is 0 Å². The number of halogens is 2. The number of fused-ring (bicyclic) bond motifs is 1. The summed E-state index contributed by atoms with van der Waals surface area (Å²) in [7, 11) is 0. The van der Waals surface area contributed by atoms with E-state index in [2.05, 4.69) is 71.9 Å². The molecule has 0 fully saturated rings. The van der Waals surface area contributed by atoms with E-state index in [0.29, 0.717) is 3.12 Å². The van der Waals surface area contributed by atoms with Gasteiger partial charge in [0.1, 0.15) is 0 Å². The van der Waals surface area contributed by atoms with Crippen LogP contribution in [-0.4, -0.2) is 0 Å². The minimum atomic E-state index is -0.711. The van der Waals surface area contributed by atoms with Crippen molar-refractivity contribution in [3.05, 3.63) is 63.3 Å². The minimum Gasteiger partial charge on any atom is -1.00 e. The van der Waals surface area contributed by atoms with Crippen LogP contribution in [0.4, 0.5) is 0 Å². The van der Waals surface area contributed by atoms with Crippen LogP contribution in [0.1, 0.15) is 75.6 Å². The smallest absolute Gasteiger partial charge is 1.00 e. The zero-order valence-corrected chi connectivity index (χ0v) is 23.6. The van der Waals surface area contributed by atoms with Crippen LogP contribution in [0.5, 0.6) is 0 Å². The van der Waals surface area contributed by atoms with Gasteiger partial charge in [0.05, 0.1) is 0 Å². The second-order valence-electron chi connectivity index (χ2n) is 7.65. The van der Waals surface area contributed by atoms with E-state index in [1.165, 1.54) is 24.8 Å². The van der Waals surface area contributed by atoms with E-state index in [1.54, 1.807) is 33.4 Å². The van der Waals surface area contributed by atoms with Gasteiger partial charge >= 0.3 is 160 Å². The maximum atomic E-state index is 2.54. The molecule has 0 N–H and O–H groups in total. The molecular formula is C23H30I2Zr. The zero-order chi connectivity index (χ0) is 17.5. The summed E-state index contributed by atoms with van der Waals surface area (Å²) < 4.78 is 1.13. The average Bonchev–Trinajstić information content (AvgIpc) is 3.00. The molecule has 0 heterocycles. The summed E-state index contributed by atoms with van der Waals surface area (Å²) in [4.78, 5) is 0. The van der Waals surface area contributed by atoms with Gasteiger partial charge in [0.25, 0.3) is 0 Å². The molecule has 0 saturated carbocycles. The van der Waals surface area contributed by atoms with Crippen molar-refractivity contribution in [1.29, 1.82) is 0 Å². The first-order valence-corrected chi connectivity index (χ1v) is 12.0. The Balaban J connectivity index is 0.00000169. The van der Waals surface area contributed by atoms with Gasteiger partial charge < -0.3 is 48.0 Å². The first-order valence-electron chi connectivity index (χ1n) is 9.33. The van der Waals surface area contributed by atoms with Crippen LogP contribution < -0.4 is 48.0 Å². The summed E-state index contributed by atoms with van der Waals surface area (Å²) in [5, 5.41) is 0. The summed E-state index contributed by atoms with van der Waals surface area (Å²) in [6.07, 6.45) is 6.43. The minimum absolute atomic E-state index is 0. The Morgan fingerprint density at radius 3 is 2.12 bits per heavy atom. The molecule has 2 aliphatic rings. The van der Waals surface area contributed by atoms with Gasteiger partial charge in [0.15, 0.2) is 0 Å². The summed E-state index contributed by atoms with van der Waals surface area (Å²) in [5.41, 5.74) is 11.3. The molecule has 1 atom stereocenters. The van der Waals surface area contributed by atoms with E-state index >= 15 is 0 Å². The molecule has 0 radical (unpaired) electrons.